The summed E-state index contributed by atoms with van der Waals surface area (Å²) in [6.07, 6.45) is 12.0. The van der Waals surface area contributed by atoms with Gasteiger partial charge in [-0.25, -0.2) is 0 Å². The zero-order valence-electron chi connectivity index (χ0n) is 10.9. The van der Waals surface area contributed by atoms with E-state index in [1.165, 1.54) is 51.4 Å². The second kappa shape index (κ2) is 4.47. The molecule has 2 fully saturated rings. The average Bonchev–Trinajstić information content (AvgIpc) is 2.61. The molecule has 1 unspecified atom stereocenters. The van der Waals surface area contributed by atoms with Gasteiger partial charge in [0.25, 0.3) is 0 Å². The smallest absolute Gasteiger partial charge is 0.0298 e. The first-order chi connectivity index (χ1) is 7.15. The molecule has 0 spiro atoms. The zero-order valence-corrected chi connectivity index (χ0v) is 10.9. The topological polar surface area (TPSA) is 0 Å². The predicted octanol–water partition coefficient (Wildman–Crippen LogP) is 5.03. The first-order valence-electron chi connectivity index (χ1n) is 7.15. The largest absolute Gasteiger partial charge is 0.0649 e. The Morgan fingerprint density at radius 1 is 1.13 bits per heavy atom. The van der Waals surface area contributed by atoms with Crippen LogP contribution in [0.25, 0.3) is 0 Å². The van der Waals surface area contributed by atoms with Gasteiger partial charge < -0.3 is 0 Å². The van der Waals surface area contributed by atoms with E-state index < -0.39 is 0 Å². The third kappa shape index (κ3) is 2.24. The maximum Gasteiger partial charge on any atom is -0.0298 e. The van der Waals surface area contributed by atoms with Crippen LogP contribution in [0, 0.1) is 23.2 Å². The van der Waals surface area contributed by atoms with E-state index in [-0.39, 0.29) is 0 Å². The summed E-state index contributed by atoms with van der Waals surface area (Å²) in [5.74, 6) is 3.14. The second-order valence-electron chi connectivity index (χ2n) is 6.54. The van der Waals surface area contributed by atoms with Crippen LogP contribution in [0.15, 0.2) is 0 Å². The minimum Gasteiger partial charge on any atom is -0.0649 e. The summed E-state index contributed by atoms with van der Waals surface area (Å²) in [5.41, 5.74) is 0.696. The molecule has 0 bridgehead atoms. The average molecular weight is 208 g/mol. The lowest BCUT2D eigenvalue weighted by molar-refractivity contribution is 0.104. The highest BCUT2D eigenvalue weighted by Crippen LogP contribution is 2.52. The molecule has 4 atom stereocenters. The van der Waals surface area contributed by atoms with Gasteiger partial charge in [0, 0.05) is 0 Å². The Morgan fingerprint density at radius 2 is 1.93 bits per heavy atom. The minimum absolute atomic E-state index is 0.696. The molecule has 0 heteroatoms. The van der Waals surface area contributed by atoms with Gasteiger partial charge in [-0.1, -0.05) is 52.9 Å². The van der Waals surface area contributed by atoms with Gasteiger partial charge in [-0.05, 0) is 42.4 Å². The molecule has 2 aliphatic rings. The third-order valence-electron chi connectivity index (χ3n) is 5.51. The molecular weight excluding hydrogens is 180 g/mol. The lowest BCUT2D eigenvalue weighted by Gasteiger charge is -2.40. The molecule has 0 saturated heterocycles. The number of rotatable bonds is 2. The monoisotopic (exact) mass is 208 g/mol. The molecule has 0 nitrogen and oxygen atoms in total. The van der Waals surface area contributed by atoms with Crippen molar-refractivity contribution in [2.75, 3.05) is 0 Å². The normalized spacial score (nSPS) is 47.0. The molecule has 0 amide bonds. The fraction of sp³-hybridized carbons (Fsp3) is 1.00. The Labute approximate surface area is 95.8 Å². The van der Waals surface area contributed by atoms with E-state index in [1.807, 2.05) is 0 Å². The summed E-state index contributed by atoms with van der Waals surface area (Å²) in [6.45, 7) is 7.43. The molecule has 0 aliphatic heterocycles. The van der Waals surface area contributed by atoms with Crippen molar-refractivity contribution < 1.29 is 0 Å². The van der Waals surface area contributed by atoms with Crippen molar-refractivity contribution in [3.63, 3.8) is 0 Å². The molecule has 88 valence electrons. The van der Waals surface area contributed by atoms with Crippen molar-refractivity contribution in [2.24, 2.45) is 23.2 Å². The lowest BCUT2D eigenvalue weighted by atomic mass is 9.66. The van der Waals surface area contributed by atoms with Crippen molar-refractivity contribution in [3.05, 3.63) is 0 Å². The molecule has 0 radical (unpaired) electrons. The summed E-state index contributed by atoms with van der Waals surface area (Å²) in [6, 6.07) is 0. The Morgan fingerprint density at radius 3 is 2.60 bits per heavy atom. The molecule has 0 N–H and O–H groups in total. The summed E-state index contributed by atoms with van der Waals surface area (Å²) >= 11 is 0. The molecule has 2 aliphatic carbocycles. The van der Waals surface area contributed by atoms with Crippen molar-refractivity contribution >= 4 is 0 Å². The van der Waals surface area contributed by atoms with Gasteiger partial charge in [0.05, 0.1) is 0 Å². The van der Waals surface area contributed by atoms with Crippen molar-refractivity contribution in [1.82, 2.24) is 0 Å². The lowest BCUT2D eigenvalue weighted by Crippen LogP contribution is -2.30. The third-order valence-corrected chi connectivity index (χ3v) is 5.51. The van der Waals surface area contributed by atoms with Crippen LogP contribution in [-0.2, 0) is 0 Å². The van der Waals surface area contributed by atoms with Crippen LogP contribution in [-0.4, -0.2) is 0 Å². The highest BCUT2D eigenvalue weighted by molar-refractivity contribution is 4.92. The first kappa shape index (κ1) is 11.5. The van der Waals surface area contributed by atoms with E-state index in [0.29, 0.717) is 5.41 Å². The van der Waals surface area contributed by atoms with E-state index in [2.05, 4.69) is 20.8 Å². The van der Waals surface area contributed by atoms with E-state index in [4.69, 9.17) is 0 Å². The standard InChI is InChI=1S/C15H28/c1-4-15(3)10-6-9-14(15)13-8-5-7-12(2)11-13/h12-14H,4-11H2,1-3H3/t12-,13-,14?,15-/m1/s1. The molecule has 0 aromatic rings. The zero-order chi connectivity index (χ0) is 10.9. The predicted molar refractivity (Wildman–Crippen MR) is 66.9 cm³/mol. The fourth-order valence-corrected chi connectivity index (χ4v) is 4.35. The van der Waals surface area contributed by atoms with Crippen molar-refractivity contribution in [1.29, 1.82) is 0 Å². The summed E-state index contributed by atoms with van der Waals surface area (Å²) in [4.78, 5) is 0. The SMILES string of the molecule is CC[C@]1(C)CCCC1[C@@H]1CCC[C@@H](C)C1. The van der Waals surface area contributed by atoms with E-state index >= 15 is 0 Å². The Kier molecular flexibility index (Phi) is 3.42. The maximum atomic E-state index is 2.56. The van der Waals surface area contributed by atoms with Crippen LogP contribution in [0.1, 0.15) is 72.1 Å². The maximum absolute atomic E-state index is 2.56. The van der Waals surface area contributed by atoms with Gasteiger partial charge in [0.2, 0.25) is 0 Å². The molecule has 0 aromatic carbocycles. The summed E-state index contributed by atoms with van der Waals surface area (Å²) in [5, 5.41) is 0. The van der Waals surface area contributed by atoms with E-state index in [9.17, 15) is 0 Å². The van der Waals surface area contributed by atoms with Gasteiger partial charge in [-0.3, -0.25) is 0 Å². The van der Waals surface area contributed by atoms with Gasteiger partial charge in [-0.15, -0.1) is 0 Å². The van der Waals surface area contributed by atoms with E-state index in [0.717, 1.165) is 17.8 Å². The van der Waals surface area contributed by atoms with Crippen molar-refractivity contribution in [2.45, 2.75) is 72.1 Å². The number of hydrogen-bond acceptors (Lipinski definition) is 0. The second-order valence-corrected chi connectivity index (χ2v) is 6.54. The summed E-state index contributed by atoms with van der Waals surface area (Å²) < 4.78 is 0. The quantitative estimate of drug-likeness (QED) is 0.597. The van der Waals surface area contributed by atoms with E-state index in [1.54, 1.807) is 0 Å². The number of hydrogen-bond donors (Lipinski definition) is 0. The molecule has 0 heterocycles. The van der Waals surface area contributed by atoms with Crippen LogP contribution in [0.3, 0.4) is 0 Å². The Balaban J connectivity index is 2.02. The van der Waals surface area contributed by atoms with Crippen molar-refractivity contribution in [3.8, 4) is 0 Å². The molecule has 2 saturated carbocycles. The first-order valence-corrected chi connectivity index (χ1v) is 7.15. The van der Waals surface area contributed by atoms with Gasteiger partial charge in [0.15, 0.2) is 0 Å². The van der Waals surface area contributed by atoms with Gasteiger partial charge in [-0.2, -0.15) is 0 Å². The van der Waals surface area contributed by atoms with Crippen LogP contribution < -0.4 is 0 Å². The van der Waals surface area contributed by atoms with Crippen LogP contribution in [0.4, 0.5) is 0 Å². The van der Waals surface area contributed by atoms with Crippen LogP contribution >= 0.6 is 0 Å². The van der Waals surface area contributed by atoms with Gasteiger partial charge >= 0.3 is 0 Å². The Bertz CT molecular complexity index is 208. The highest BCUT2D eigenvalue weighted by atomic mass is 14.5. The molecule has 15 heavy (non-hydrogen) atoms. The highest BCUT2D eigenvalue weighted by Gasteiger charge is 2.42. The molecule has 2 rings (SSSR count). The molecule has 0 aromatic heterocycles. The van der Waals surface area contributed by atoms with Crippen LogP contribution in [0.2, 0.25) is 0 Å². The Hall–Kier alpha value is 0. The van der Waals surface area contributed by atoms with Gasteiger partial charge in [0.1, 0.15) is 0 Å². The van der Waals surface area contributed by atoms with Crippen LogP contribution in [0.5, 0.6) is 0 Å². The minimum atomic E-state index is 0.696. The summed E-state index contributed by atoms with van der Waals surface area (Å²) in [7, 11) is 0. The fourth-order valence-electron chi connectivity index (χ4n) is 4.35. The molecular formula is C15H28.